The molecule has 0 aliphatic heterocycles. The SMILES string of the molecule is CCOc1cc(NCC(C)(O)CSC)ncn1. The highest BCUT2D eigenvalue weighted by molar-refractivity contribution is 7.98. The number of rotatable bonds is 7. The van der Waals surface area contributed by atoms with Gasteiger partial charge >= 0.3 is 0 Å². The Morgan fingerprint density at radius 2 is 2.29 bits per heavy atom. The first-order valence-electron chi connectivity index (χ1n) is 5.47. The lowest BCUT2D eigenvalue weighted by Gasteiger charge is -2.22. The van der Waals surface area contributed by atoms with Gasteiger partial charge in [-0.3, -0.25) is 0 Å². The molecule has 0 amide bonds. The molecule has 1 aromatic heterocycles. The van der Waals surface area contributed by atoms with E-state index in [0.717, 1.165) is 0 Å². The molecule has 0 bridgehead atoms. The van der Waals surface area contributed by atoms with Gasteiger partial charge in [-0.25, -0.2) is 9.97 Å². The highest BCUT2D eigenvalue weighted by Crippen LogP contribution is 2.14. The molecule has 1 atom stereocenters. The number of thioether (sulfide) groups is 1. The van der Waals surface area contributed by atoms with Crippen molar-refractivity contribution in [2.45, 2.75) is 19.4 Å². The largest absolute Gasteiger partial charge is 0.478 e. The van der Waals surface area contributed by atoms with Crippen LogP contribution in [-0.4, -0.2) is 45.8 Å². The van der Waals surface area contributed by atoms with Gasteiger partial charge in [-0.15, -0.1) is 0 Å². The minimum absolute atomic E-state index is 0.441. The lowest BCUT2D eigenvalue weighted by atomic mass is 10.1. The van der Waals surface area contributed by atoms with Gasteiger partial charge in [-0.2, -0.15) is 11.8 Å². The van der Waals surface area contributed by atoms with Crippen molar-refractivity contribution in [3.63, 3.8) is 0 Å². The molecule has 96 valence electrons. The average Bonchev–Trinajstić information content (AvgIpc) is 2.28. The van der Waals surface area contributed by atoms with Crippen molar-refractivity contribution in [1.82, 2.24) is 9.97 Å². The van der Waals surface area contributed by atoms with Gasteiger partial charge in [0.1, 0.15) is 12.1 Å². The number of aromatic nitrogens is 2. The maximum atomic E-state index is 9.99. The summed E-state index contributed by atoms with van der Waals surface area (Å²) in [6.45, 7) is 4.71. The first-order valence-corrected chi connectivity index (χ1v) is 6.87. The van der Waals surface area contributed by atoms with E-state index in [1.54, 1.807) is 24.8 Å². The summed E-state index contributed by atoms with van der Waals surface area (Å²) in [5, 5.41) is 13.1. The third kappa shape index (κ3) is 5.23. The molecule has 5 nitrogen and oxygen atoms in total. The molecule has 1 unspecified atom stereocenters. The van der Waals surface area contributed by atoms with E-state index in [9.17, 15) is 5.11 Å². The lowest BCUT2D eigenvalue weighted by molar-refractivity contribution is 0.0996. The normalized spacial score (nSPS) is 14.1. The van der Waals surface area contributed by atoms with E-state index in [-0.39, 0.29) is 0 Å². The van der Waals surface area contributed by atoms with E-state index in [4.69, 9.17) is 4.74 Å². The lowest BCUT2D eigenvalue weighted by Crippen LogP contribution is -2.36. The zero-order valence-corrected chi connectivity index (χ0v) is 11.3. The first kappa shape index (κ1) is 14.1. The second-order valence-corrected chi connectivity index (χ2v) is 4.82. The Hall–Kier alpha value is -1.01. The smallest absolute Gasteiger partial charge is 0.218 e. The number of nitrogens with zero attached hydrogens (tertiary/aromatic N) is 2. The minimum Gasteiger partial charge on any atom is -0.478 e. The van der Waals surface area contributed by atoms with Crippen molar-refractivity contribution in [2.24, 2.45) is 0 Å². The summed E-state index contributed by atoms with van der Waals surface area (Å²) < 4.78 is 5.27. The molecular weight excluding hydrogens is 238 g/mol. The molecule has 6 heteroatoms. The Bertz CT molecular complexity index is 347. The van der Waals surface area contributed by atoms with Crippen molar-refractivity contribution in [3.8, 4) is 5.88 Å². The van der Waals surface area contributed by atoms with Crippen LogP contribution in [-0.2, 0) is 0 Å². The fourth-order valence-corrected chi connectivity index (χ4v) is 2.03. The van der Waals surface area contributed by atoms with Gasteiger partial charge in [0.2, 0.25) is 5.88 Å². The van der Waals surface area contributed by atoms with Crippen LogP contribution in [0.3, 0.4) is 0 Å². The number of ether oxygens (including phenoxy) is 1. The topological polar surface area (TPSA) is 67.3 Å². The van der Waals surface area contributed by atoms with Gasteiger partial charge in [-0.1, -0.05) is 0 Å². The summed E-state index contributed by atoms with van der Waals surface area (Å²) >= 11 is 1.61. The summed E-state index contributed by atoms with van der Waals surface area (Å²) in [5.41, 5.74) is -0.754. The highest BCUT2D eigenvalue weighted by Gasteiger charge is 2.19. The van der Waals surface area contributed by atoms with Crippen LogP contribution in [0, 0.1) is 0 Å². The third-order valence-electron chi connectivity index (χ3n) is 2.04. The van der Waals surface area contributed by atoms with Crippen LogP contribution in [0.15, 0.2) is 12.4 Å². The molecule has 0 aliphatic carbocycles. The Morgan fingerprint density at radius 3 is 2.94 bits per heavy atom. The molecule has 0 aliphatic rings. The molecule has 1 rings (SSSR count). The molecular formula is C11H19N3O2S. The Labute approximate surface area is 106 Å². The van der Waals surface area contributed by atoms with Gasteiger partial charge in [0.15, 0.2) is 0 Å². The molecule has 0 saturated carbocycles. The Balaban J connectivity index is 2.53. The van der Waals surface area contributed by atoms with E-state index < -0.39 is 5.60 Å². The summed E-state index contributed by atoms with van der Waals surface area (Å²) in [6, 6.07) is 1.72. The molecule has 17 heavy (non-hydrogen) atoms. The fourth-order valence-electron chi connectivity index (χ4n) is 1.31. The van der Waals surface area contributed by atoms with Gasteiger partial charge in [0.25, 0.3) is 0 Å². The van der Waals surface area contributed by atoms with Gasteiger partial charge < -0.3 is 15.2 Å². The summed E-state index contributed by atoms with van der Waals surface area (Å²) in [4.78, 5) is 8.03. The van der Waals surface area contributed by atoms with Gasteiger partial charge in [-0.05, 0) is 20.1 Å². The monoisotopic (exact) mass is 257 g/mol. The summed E-state index contributed by atoms with van der Waals surface area (Å²) in [5.74, 6) is 1.86. The van der Waals surface area contributed by atoms with E-state index in [2.05, 4.69) is 15.3 Å². The molecule has 1 aromatic rings. The van der Waals surface area contributed by atoms with Gasteiger partial charge in [0, 0.05) is 18.4 Å². The van der Waals surface area contributed by atoms with E-state index in [1.165, 1.54) is 6.33 Å². The third-order valence-corrected chi connectivity index (χ3v) is 2.95. The van der Waals surface area contributed by atoms with Crippen LogP contribution in [0.5, 0.6) is 5.88 Å². The maximum absolute atomic E-state index is 9.99. The van der Waals surface area contributed by atoms with Crippen molar-refractivity contribution in [1.29, 1.82) is 0 Å². The molecule has 0 fully saturated rings. The Morgan fingerprint density at radius 1 is 1.53 bits per heavy atom. The highest BCUT2D eigenvalue weighted by atomic mass is 32.2. The minimum atomic E-state index is -0.754. The van der Waals surface area contributed by atoms with E-state index in [1.807, 2.05) is 13.2 Å². The Kier molecular flexibility index (Phi) is 5.50. The van der Waals surface area contributed by atoms with Crippen LogP contribution in [0.1, 0.15) is 13.8 Å². The van der Waals surface area contributed by atoms with Crippen LogP contribution >= 0.6 is 11.8 Å². The van der Waals surface area contributed by atoms with E-state index in [0.29, 0.717) is 30.6 Å². The van der Waals surface area contributed by atoms with Crippen molar-refractivity contribution in [3.05, 3.63) is 12.4 Å². The quantitative estimate of drug-likeness (QED) is 0.769. The first-order chi connectivity index (χ1) is 8.07. The van der Waals surface area contributed by atoms with Crippen LogP contribution in [0.4, 0.5) is 5.82 Å². The zero-order valence-electron chi connectivity index (χ0n) is 10.4. The molecule has 0 radical (unpaired) electrons. The number of anilines is 1. The summed E-state index contributed by atoms with van der Waals surface area (Å²) in [6.07, 6.45) is 3.41. The van der Waals surface area contributed by atoms with Crippen molar-refractivity contribution < 1.29 is 9.84 Å². The maximum Gasteiger partial charge on any atom is 0.218 e. The molecule has 1 heterocycles. The second-order valence-electron chi connectivity index (χ2n) is 3.96. The van der Waals surface area contributed by atoms with Gasteiger partial charge in [0.05, 0.1) is 12.2 Å². The molecule has 0 saturated heterocycles. The second kappa shape index (κ2) is 6.66. The van der Waals surface area contributed by atoms with Crippen molar-refractivity contribution in [2.75, 3.05) is 30.5 Å². The predicted octanol–water partition coefficient (Wildman–Crippen LogP) is 1.40. The molecule has 0 aromatic carbocycles. The van der Waals surface area contributed by atoms with Crippen LogP contribution in [0.25, 0.3) is 0 Å². The standard InChI is InChI=1S/C11H19N3O2S/c1-4-16-10-5-9(13-8-14-10)12-6-11(2,15)7-17-3/h5,8,15H,4,6-7H2,1-3H3,(H,12,13,14). The average molecular weight is 257 g/mol. The fraction of sp³-hybridized carbons (Fsp3) is 0.636. The zero-order chi connectivity index (χ0) is 12.7. The summed E-state index contributed by atoms with van der Waals surface area (Å²) in [7, 11) is 0. The van der Waals surface area contributed by atoms with Crippen LogP contribution < -0.4 is 10.1 Å². The van der Waals surface area contributed by atoms with Crippen molar-refractivity contribution >= 4 is 17.6 Å². The van der Waals surface area contributed by atoms with E-state index >= 15 is 0 Å². The molecule has 0 spiro atoms. The predicted molar refractivity (Wildman–Crippen MR) is 70.7 cm³/mol. The number of nitrogens with one attached hydrogen (secondary N) is 1. The number of aliphatic hydroxyl groups is 1. The number of hydrogen-bond acceptors (Lipinski definition) is 6. The molecule has 2 N–H and O–H groups in total. The van der Waals surface area contributed by atoms with Crippen LogP contribution in [0.2, 0.25) is 0 Å². The number of hydrogen-bond donors (Lipinski definition) is 2.